The highest BCUT2D eigenvalue weighted by Gasteiger charge is 2.42. The largest absolute Gasteiger partial charge is 0.381 e. The quantitative estimate of drug-likeness (QED) is 0.0601. The number of fused-ring (bicyclic) bond motifs is 1. The Morgan fingerprint density at radius 2 is 1.47 bits per heavy atom. The molecule has 1 aromatic rings. The monoisotopic (exact) mass is 624 g/mol. The van der Waals surface area contributed by atoms with Gasteiger partial charge in [0.05, 0.1) is 43.3 Å². The van der Waals surface area contributed by atoms with E-state index in [1.54, 1.807) is 0 Å². The van der Waals surface area contributed by atoms with Crippen LogP contribution in [0, 0.1) is 0 Å². The second-order valence-corrected chi connectivity index (χ2v) is 11.9. The molecule has 3 atom stereocenters. The van der Waals surface area contributed by atoms with Crippen LogP contribution in [-0.2, 0) is 14.3 Å². The number of ether oxygens (including phenoxy) is 1. The van der Waals surface area contributed by atoms with Crippen molar-refractivity contribution in [2.75, 3.05) is 19.0 Å². The number of benzene rings is 1. The van der Waals surface area contributed by atoms with Crippen LogP contribution in [0.5, 0.6) is 0 Å². The number of nitrogens with one attached hydrogen (secondary N) is 2. The third kappa shape index (κ3) is 7.86. The predicted molar refractivity (Wildman–Crippen MR) is 149 cm³/mol. The maximum Gasteiger partial charge on any atom is 0.315 e. The molecule has 0 spiro atoms. The van der Waals surface area contributed by atoms with E-state index >= 15 is 0 Å². The van der Waals surface area contributed by atoms with E-state index < -0.39 is 11.6 Å². The molecule has 2 aliphatic heterocycles. The molecular formula is C25H28Cl4N2O6S. The summed E-state index contributed by atoms with van der Waals surface area (Å²) in [6.45, 7) is 0.695. The second kappa shape index (κ2) is 14.9. The zero-order valence-electron chi connectivity index (χ0n) is 20.5. The summed E-state index contributed by atoms with van der Waals surface area (Å²) in [6, 6.07) is 0.329. The Kier molecular flexibility index (Phi) is 12.2. The fourth-order valence-electron chi connectivity index (χ4n) is 4.52. The molecule has 0 aliphatic carbocycles. The number of carbonyl (C=O) groups excluding carboxylic acids is 5. The van der Waals surface area contributed by atoms with Crippen molar-refractivity contribution in [2.45, 2.75) is 68.7 Å². The Morgan fingerprint density at radius 3 is 2.13 bits per heavy atom. The van der Waals surface area contributed by atoms with E-state index in [2.05, 4.69) is 10.6 Å². The Hall–Kier alpha value is -1.36. The van der Waals surface area contributed by atoms with E-state index in [4.69, 9.17) is 51.1 Å². The van der Waals surface area contributed by atoms with Crippen LogP contribution in [0.3, 0.4) is 0 Å². The molecule has 1 aromatic carbocycles. The minimum absolute atomic E-state index is 0.0350. The first-order valence-corrected chi connectivity index (χ1v) is 14.9. The predicted octanol–water partition coefficient (Wildman–Crippen LogP) is 5.74. The van der Waals surface area contributed by atoms with Gasteiger partial charge in [0.15, 0.2) is 12.1 Å². The molecular weight excluding hydrogens is 598 g/mol. The van der Waals surface area contributed by atoms with E-state index in [-0.39, 0.29) is 67.8 Å². The smallest absolute Gasteiger partial charge is 0.315 e. The summed E-state index contributed by atoms with van der Waals surface area (Å²) in [7, 11) is 0. The first-order valence-electron chi connectivity index (χ1n) is 12.3. The lowest BCUT2D eigenvalue weighted by molar-refractivity contribution is -0.119. The highest BCUT2D eigenvalue weighted by molar-refractivity contribution is 8.00. The fourth-order valence-corrected chi connectivity index (χ4v) is 7.31. The number of hydrogen-bond donors (Lipinski definition) is 2. The van der Waals surface area contributed by atoms with Crippen LogP contribution in [-0.4, -0.2) is 66.0 Å². The van der Waals surface area contributed by atoms with Gasteiger partial charge in [0.25, 0.3) is 0 Å². The summed E-state index contributed by atoms with van der Waals surface area (Å²) in [6.07, 6.45) is 4.81. The molecule has 3 unspecified atom stereocenters. The third-order valence-electron chi connectivity index (χ3n) is 6.46. The number of unbranched alkanes of at least 4 members (excludes halogenated alkanes) is 1. The number of carbonyl (C=O) groups is 5. The van der Waals surface area contributed by atoms with Crippen molar-refractivity contribution in [3.63, 3.8) is 0 Å². The van der Waals surface area contributed by atoms with Gasteiger partial charge in [-0.05, 0) is 25.7 Å². The van der Waals surface area contributed by atoms with Gasteiger partial charge in [-0.25, -0.2) is 4.79 Å². The van der Waals surface area contributed by atoms with Crippen LogP contribution in [0.4, 0.5) is 4.79 Å². The Balaban J connectivity index is 1.27. The lowest BCUT2D eigenvalue weighted by Crippen LogP contribution is -2.36. The summed E-state index contributed by atoms with van der Waals surface area (Å²) < 4.78 is 5.54. The molecule has 0 bridgehead atoms. The van der Waals surface area contributed by atoms with Gasteiger partial charge in [0.1, 0.15) is 5.78 Å². The van der Waals surface area contributed by atoms with Gasteiger partial charge in [0, 0.05) is 43.5 Å². The number of thioether (sulfide) groups is 1. The SMILES string of the molecule is O=CC(=O)c1c(Cl)c(Cl)c(C(=O)CCCOCCCC(=O)CCCCC2SCC3NC(=O)NC32)c(Cl)c1Cl. The van der Waals surface area contributed by atoms with Gasteiger partial charge in [-0.1, -0.05) is 52.8 Å². The average Bonchev–Trinajstić information content (AvgIpc) is 3.44. The lowest BCUT2D eigenvalue weighted by Gasteiger charge is -2.16. The molecule has 0 radical (unpaired) electrons. The normalized spacial score (nSPS) is 20.1. The van der Waals surface area contributed by atoms with Gasteiger partial charge < -0.3 is 15.4 Å². The molecule has 0 saturated carbocycles. The van der Waals surface area contributed by atoms with Crippen LogP contribution >= 0.6 is 58.2 Å². The van der Waals surface area contributed by atoms with Crippen molar-refractivity contribution in [1.29, 1.82) is 0 Å². The maximum atomic E-state index is 12.6. The number of urea groups is 1. The fraction of sp³-hybridized carbons (Fsp3) is 0.560. The van der Waals surface area contributed by atoms with E-state index in [1.165, 1.54) is 0 Å². The molecule has 2 saturated heterocycles. The molecule has 2 N–H and O–H groups in total. The van der Waals surface area contributed by atoms with Crippen molar-refractivity contribution in [3.8, 4) is 0 Å². The van der Waals surface area contributed by atoms with Gasteiger partial charge in [-0.2, -0.15) is 11.8 Å². The zero-order chi connectivity index (χ0) is 27.8. The minimum Gasteiger partial charge on any atom is -0.381 e. The van der Waals surface area contributed by atoms with Crippen LogP contribution in [0.25, 0.3) is 0 Å². The van der Waals surface area contributed by atoms with Gasteiger partial charge in [-0.3, -0.25) is 19.2 Å². The number of hydrogen-bond acceptors (Lipinski definition) is 7. The molecule has 2 amide bonds. The minimum atomic E-state index is -0.992. The zero-order valence-corrected chi connectivity index (χ0v) is 24.3. The maximum absolute atomic E-state index is 12.6. The van der Waals surface area contributed by atoms with Crippen LogP contribution < -0.4 is 10.6 Å². The molecule has 38 heavy (non-hydrogen) atoms. The Labute approximate surface area is 245 Å². The van der Waals surface area contributed by atoms with Crippen molar-refractivity contribution in [3.05, 3.63) is 31.2 Å². The van der Waals surface area contributed by atoms with Crippen LogP contribution in [0.15, 0.2) is 0 Å². The molecule has 2 heterocycles. The van der Waals surface area contributed by atoms with Crippen molar-refractivity contribution in [1.82, 2.24) is 10.6 Å². The van der Waals surface area contributed by atoms with E-state index in [0.29, 0.717) is 44.1 Å². The van der Waals surface area contributed by atoms with E-state index in [1.807, 2.05) is 11.8 Å². The first kappa shape index (κ1) is 31.2. The van der Waals surface area contributed by atoms with E-state index in [0.717, 1.165) is 25.0 Å². The summed E-state index contributed by atoms with van der Waals surface area (Å²) in [5.74, 6) is -0.283. The summed E-state index contributed by atoms with van der Waals surface area (Å²) in [5.41, 5.74) is -0.442. The molecule has 2 fully saturated rings. The summed E-state index contributed by atoms with van der Waals surface area (Å²) >= 11 is 26.3. The number of rotatable bonds is 16. The Morgan fingerprint density at radius 1 is 0.868 bits per heavy atom. The van der Waals surface area contributed by atoms with Crippen LogP contribution in [0.2, 0.25) is 20.1 Å². The van der Waals surface area contributed by atoms with E-state index in [9.17, 15) is 24.0 Å². The topological polar surface area (TPSA) is 119 Å². The van der Waals surface area contributed by atoms with Crippen molar-refractivity contribution < 1.29 is 28.7 Å². The third-order valence-corrected chi connectivity index (χ3v) is 9.68. The molecule has 208 valence electrons. The average molecular weight is 626 g/mol. The van der Waals surface area contributed by atoms with Gasteiger partial charge in [0.2, 0.25) is 5.78 Å². The summed E-state index contributed by atoms with van der Waals surface area (Å²) in [4.78, 5) is 58.8. The van der Waals surface area contributed by atoms with Gasteiger partial charge in [-0.15, -0.1) is 0 Å². The molecule has 8 nitrogen and oxygen atoms in total. The van der Waals surface area contributed by atoms with Gasteiger partial charge >= 0.3 is 6.03 Å². The number of amides is 2. The molecule has 2 aliphatic rings. The molecule has 13 heteroatoms. The first-order chi connectivity index (χ1) is 18.1. The number of halogens is 4. The lowest BCUT2D eigenvalue weighted by atomic mass is 10.0. The number of Topliss-reactive ketones (excluding diaryl/α,β-unsaturated/α-hetero) is 3. The highest BCUT2D eigenvalue weighted by Crippen LogP contribution is 2.42. The molecule has 3 rings (SSSR count). The van der Waals surface area contributed by atoms with Crippen molar-refractivity contribution >= 4 is 87.8 Å². The number of ketones is 3. The Bertz CT molecular complexity index is 1070. The number of aldehydes is 1. The molecule has 0 aromatic heterocycles. The second-order valence-electron chi connectivity index (χ2n) is 9.14. The standard InChI is InChI=1S/C25H28Cl4N2O6S/c26-20-18(21(27)23(29)19(22(20)28)16(35)11-32)15(34)7-4-10-37-9-3-6-13(33)5-1-2-8-17-24-14(12-38-17)30-25(36)31-24/h11,14,17,24H,1-10,12H2,(H2,30,31,36). The van der Waals surface area contributed by atoms with Crippen LogP contribution in [0.1, 0.15) is 72.1 Å². The highest BCUT2D eigenvalue weighted by atomic mass is 35.5. The summed E-state index contributed by atoms with van der Waals surface area (Å²) in [5, 5.41) is 5.26. The van der Waals surface area contributed by atoms with Crippen molar-refractivity contribution in [2.24, 2.45) is 0 Å².